The van der Waals surface area contributed by atoms with Gasteiger partial charge in [-0.25, -0.2) is 0 Å². The van der Waals surface area contributed by atoms with Crippen LogP contribution < -0.4 is 0 Å². The van der Waals surface area contributed by atoms with E-state index in [1.54, 1.807) is 0 Å². The summed E-state index contributed by atoms with van der Waals surface area (Å²) in [5.74, 6) is 0.354. The summed E-state index contributed by atoms with van der Waals surface area (Å²) in [5, 5.41) is 10.2. The second-order valence-corrected chi connectivity index (χ2v) is 5.68. The normalized spacial score (nSPS) is 48.2. The van der Waals surface area contributed by atoms with Gasteiger partial charge in [-0.2, -0.15) is 0 Å². The summed E-state index contributed by atoms with van der Waals surface area (Å²) in [6.07, 6.45) is 2.94. The maximum absolute atomic E-state index is 10.2. The summed E-state index contributed by atoms with van der Waals surface area (Å²) in [7, 11) is 2.22. The quantitative estimate of drug-likeness (QED) is 0.762. The topological polar surface area (TPSA) is 23.5 Å². The van der Waals surface area contributed by atoms with Crippen molar-refractivity contribution in [3.05, 3.63) is 0 Å². The van der Waals surface area contributed by atoms with Gasteiger partial charge in [-0.1, -0.05) is 20.8 Å². The molecule has 0 bridgehead atoms. The minimum absolute atomic E-state index is 0.127. The lowest BCUT2D eigenvalue weighted by atomic mass is 9.68. The predicted molar refractivity (Wildman–Crippen MR) is 64.9 cm³/mol. The summed E-state index contributed by atoms with van der Waals surface area (Å²) < 4.78 is 0. The molecule has 0 aromatic rings. The number of aliphatic hydroxyl groups excluding tert-OH is 1. The SMILES string of the molecule is CCC1(C)CC(O)C(C)C(C)(CC)N1C. The van der Waals surface area contributed by atoms with Crippen LogP contribution in [0.4, 0.5) is 0 Å². The van der Waals surface area contributed by atoms with Crippen molar-refractivity contribution in [1.29, 1.82) is 0 Å². The van der Waals surface area contributed by atoms with Gasteiger partial charge in [0.05, 0.1) is 6.10 Å². The fourth-order valence-electron chi connectivity index (χ4n) is 3.04. The lowest BCUT2D eigenvalue weighted by Crippen LogP contribution is -2.66. The molecule has 0 aliphatic carbocycles. The van der Waals surface area contributed by atoms with Gasteiger partial charge in [-0.3, -0.25) is 4.90 Å². The van der Waals surface area contributed by atoms with Crippen LogP contribution in [0, 0.1) is 5.92 Å². The Morgan fingerprint density at radius 3 is 2.20 bits per heavy atom. The second-order valence-electron chi connectivity index (χ2n) is 5.68. The summed E-state index contributed by atoms with van der Waals surface area (Å²) in [6.45, 7) is 11.2. The highest BCUT2D eigenvalue weighted by Gasteiger charge is 2.50. The van der Waals surface area contributed by atoms with E-state index in [4.69, 9.17) is 0 Å². The second kappa shape index (κ2) is 4.06. The van der Waals surface area contributed by atoms with Crippen LogP contribution in [0.15, 0.2) is 0 Å². The predicted octanol–water partition coefficient (Wildman–Crippen LogP) is 2.66. The monoisotopic (exact) mass is 213 g/mol. The highest BCUT2D eigenvalue weighted by molar-refractivity contribution is 5.05. The summed E-state index contributed by atoms with van der Waals surface area (Å²) >= 11 is 0. The summed E-state index contributed by atoms with van der Waals surface area (Å²) in [5.41, 5.74) is 0.277. The molecule has 0 amide bonds. The fraction of sp³-hybridized carbons (Fsp3) is 1.00. The highest BCUT2D eigenvalue weighted by atomic mass is 16.3. The lowest BCUT2D eigenvalue weighted by Gasteiger charge is -2.58. The molecule has 0 radical (unpaired) electrons. The van der Waals surface area contributed by atoms with Crippen LogP contribution in [0.5, 0.6) is 0 Å². The molecule has 0 aromatic carbocycles. The number of hydrogen-bond donors (Lipinski definition) is 1. The van der Waals surface area contributed by atoms with E-state index in [2.05, 4.69) is 46.6 Å². The Balaban J connectivity index is 3.05. The number of rotatable bonds is 2. The Kier molecular flexibility index (Phi) is 3.52. The van der Waals surface area contributed by atoms with Crippen LogP contribution in [0.25, 0.3) is 0 Å². The Labute approximate surface area is 94.7 Å². The Morgan fingerprint density at radius 2 is 1.80 bits per heavy atom. The van der Waals surface area contributed by atoms with Crippen LogP contribution in [0.1, 0.15) is 53.9 Å². The number of hydrogen-bond acceptors (Lipinski definition) is 2. The zero-order valence-corrected chi connectivity index (χ0v) is 11.2. The zero-order chi connectivity index (χ0) is 11.9. The van der Waals surface area contributed by atoms with E-state index in [0.29, 0.717) is 5.92 Å². The molecule has 0 saturated carbocycles. The molecular formula is C13H27NO. The first-order chi connectivity index (χ1) is 6.81. The minimum atomic E-state index is -0.156. The maximum atomic E-state index is 10.2. The molecule has 4 unspecified atom stereocenters. The highest BCUT2D eigenvalue weighted by Crippen LogP contribution is 2.44. The molecule has 1 fully saturated rings. The number of aliphatic hydroxyl groups is 1. The largest absolute Gasteiger partial charge is 0.393 e. The molecule has 1 aliphatic rings. The van der Waals surface area contributed by atoms with E-state index < -0.39 is 0 Å². The van der Waals surface area contributed by atoms with Crippen molar-refractivity contribution in [3.8, 4) is 0 Å². The van der Waals surface area contributed by atoms with Gasteiger partial charge in [0, 0.05) is 17.0 Å². The molecule has 1 aliphatic heterocycles. The maximum Gasteiger partial charge on any atom is 0.0600 e. The van der Waals surface area contributed by atoms with E-state index in [1.807, 2.05) is 0 Å². The molecule has 1 heterocycles. The average molecular weight is 213 g/mol. The third-order valence-electron chi connectivity index (χ3n) is 5.26. The Hall–Kier alpha value is -0.0800. The molecule has 4 atom stereocenters. The number of likely N-dealkylation sites (tertiary alicyclic amines) is 1. The molecule has 0 aromatic heterocycles. The Morgan fingerprint density at radius 1 is 1.27 bits per heavy atom. The van der Waals surface area contributed by atoms with Gasteiger partial charge in [0.25, 0.3) is 0 Å². The van der Waals surface area contributed by atoms with E-state index in [1.165, 1.54) is 0 Å². The number of nitrogens with zero attached hydrogens (tertiary/aromatic N) is 1. The van der Waals surface area contributed by atoms with Gasteiger partial charge in [0.15, 0.2) is 0 Å². The number of piperidine rings is 1. The molecule has 90 valence electrons. The molecule has 1 N–H and O–H groups in total. The van der Waals surface area contributed by atoms with Gasteiger partial charge >= 0.3 is 0 Å². The molecular weight excluding hydrogens is 186 g/mol. The van der Waals surface area contributed by atoms with Crippen LogP contribution >= 0.6 is 0 Å². The molecule has 2 nitrogen and oxygen atoms in total. The third-order valence-corrected chi connectivity index (χ3v) is 5.26. The fourth-order valence-corrected chi connectivity index (χ4v) is 3.04. The van der Waals surface area contributed by atoms with Crippen LogP contribution in [-0.4, -0.2) is 34.2 Å². The summed E-state index contributed by atoms with van der Waals surface area (Å²) in [4.78, 5) is 2.50. The van der Waals surface area contributed by atoms with Crippen molar-refractivity contribution >= 4 is 0 Å². The Bertz CT molecular complexity index is 231. The lowest BCUT2D eigenvalue weighted by molar-refractivity contribution is -0.122. The van der Waals surface area contributed by atoms with Crippen LogP contribution in [0.2, 0.25) is 0 Å². The zero-order valence-electron chi connectivity index (χ0n) is 11.2. The van der Waals surface area contributed by atoms with E-state index in [0.717, 1.165) is 19.3 Å². The van der Waals surface area contributed by atoms with Gasteiger partial charge in [0.1, 0.15) is 0 Å². The first kappa shape index (κ1) is 13.0. The van der Waals surface area contributed by atoms with Crippen molar-refractivity contribution in [2.45, 2.75) is 71.1 Å². The van der Waals surface area contributed by atoms with Gasteiger partial charge in [-0.15, -0.1) is 0 Å². The minimum Gasteiger partial charge on any atom is -0.393 e. The smallest absolute Gasteiger partial charge is 0.0600 e. The van der Waals surface area contributed by atoms with Crippen LogP contribution in [0.3, 0.4) is 0 Å². The molecule has 0 spiro atoms. The van der Waals surface area contributed by atoms with Crippen LogP contribution in [-0.2, 0) is 0 Å². The van der Waals surface area contributed by atoms with Gasteiger partial charge in [0.2, 0.25) is 0 Å². The van der Waals surface area contributed by atoms with Gasteiger partial charge < -0.3 is 5.11 Å². The molecule has 15 heavy (non-hydrogen) atoms. The van der Waals surface area contributed by atoms with Gasteiger partial charge in [-0.05, 0) is 40.2 Å². The van der Waals surface area contributed by atoms with E-state index in [9.17, 15) is 5.11 Å². The van der Waals surface area contributed by atoms with E-state index in [-0.39, 0.29) is 17.2 Å². The molecule has 1 rings (SSSR count). The summed E-state index contributed by atoms with van der Waals surface area (Å²) in [6, 6.07) is 0. The molecule has 1 saturated heterocycles. The van der Waals surface area contributed by atoms with Crippen molar-refractivity contribution in [1.82, 2.24) is 4.90 Å². The third kappa shape index (κ3) is 1.83. The van der Waals surface area contributed by atoms with Crippen molar-refractivity contribution in [2.75, 3.05) is 7.05 Å². The van der Waals surface area contributed by atoms with Crippen molar-refractivity contribution < 1.29 is 5.11 Å². The molecule has 2 heteroatoms. The van der Waals surface area contributed by atoms with Crippen molar-refractivity contribution in [2.24, 2.45) is 5.92 Å². The van der Waals surface area contributed by atoms with Crippen molar-refractivity contribution in [3.63, 3.8) is 0 Å². The standard InChI is InChI=1S/C13H27NO/c1-7-12(4)9-11(15)10(3)13(5,8-2)14(12)6/h10-11,15H,7-9H2,1-6H3. The first-order valence-corrected chi connectivity index (χ1v) is 6.24. The average Bonchev–Trinajstić information content (AvgIpc) is 2.23. The first-order valence-electron chi connectivity index (χ1n) is 6.24. The van der Waals surface area contributed by atoms with E-state index >= 15 is 0 Å².